The van der Waals surface area contributed by atoms with Crippen LogP contribution in [0.2, 0.25) is 0 Å². The first kappa shape index (κ1) is 14.6. The van der Waals surface area contributed by atoms with E-state index in [1.54, 1.807) is 17.1 Å². The SMILES string of the molecule is Cn1cc(Nc2cccc(NC(=O)[C@@H]3C[C@@H]3c3ccco3)c2)cn1. The fourth-order valence-electron chi connectivity index (χ4n) is 2.86. The molecule has 3 aromatic rings. The molecule has 0 saturated heterocycles. The van der Waals surface area contributed by atoms with Crippen molar-refractivity contribution in [3.05, 3.63) is 60.8 Å². The Labute approximate surface area is 139 Å². The molecular weight excluding hydrogens is 304 g/mol. The molecule has 2 heterocycles. The normalized spacial score (nSPS) is 19.0. The second kappa shape index (κ2) is 5.88. The van der Waals surface area contributed by atoms with Gasteiger partial charge in [0.15, 0.2) is 0 Å². The molecule has 4 rings (SSSR count). The number of aryl methyl sites for hydroxylation is 1. The van der Waals surface area contributed by atoms with Gasteiger partial charge < -0.3 is 15.1 Å². The van der Waals surface area contributed by atoms with Crippen LogP contribution in [0.5, 0.6) is 0 Å². The number of anilines is 3. The Kier molecular flexibility index (Phi) is 3.57. The van der Waals surface area contributed by atoms with E-state index >= 15 is 0 Å². The van der Waals surface area contributed by atoms with Crippen molar-refractivity contribution in [2.24, 2.45) is 13.0 Å². The van der Waals surface area contributed by atoms with Crippen LogP contribution < -0.4 is 10.6 Å². The number of rotatable bonds is 5. The largest absolute Gasteiger partial charge is 0.469 e. The Hall–Kier alpha value is -3.02. The Morgan fingerprint density at radius 3 is 2.88 bits per heavy atom. The van der Waals surface area contributed by atoms with E-state index in [-0.39, 0.29) is 17.7 Å². The molecule has 1 aliphatic rings. The van der Waals surface area contributed by atoms with E-state index in [0.717, 1.165) is 29.2 Å². The summed E-state index contributed by atoms with van der Waals surface area (Å²) < 4.78 is 7.11. The summed E-state index contributed by atoms with van der Waals surface area (Å²) in [7, 11) is 1.87. The van der Waals surface area contributed by atoms with Crippen molar-refractivity contribution in [3.63, 3.8) is 0 Å². The van der Waals surface area contributed by atoms with Crippen LogP contribution in [0.3, 0.4) is 0 Å². The molecule has 1 aromatic carbocycles. The van der Waals surface area contributed by atoms with Gasteiger partial charge in [-0.15, -0.1) is 0 Å². The van der Waals surface area contributed by atoms with Gasteiger partial charge in [0.2, 0.25) is 5.91 Å². The second-order valence-corrected chi connectivity index (χ2v) is 6.06. The van der Waals surface area contributed by atoms with Crippen molar-refractivity contribution in [3.8, 4) is 0 Å². The van der Waals surface area contributed by atoms with E-state index in [0.29, 0.717) is 0 Å². The number of carbonyl (C=O) groups is 1. The number of amides is 1. The van der Waals surface area contributed by atoms with Gasteiger partial charge in [0, 0.05) is 36.5 Å². The number of carbonyl (C=O) groups excluding carboxylic acids is 1. The van der Waals surface area contributed by atoms with E-state index in [4.69, 9.17) is 4.42 Å². The molecule has 0 aliphatic heterocycles. The van der Waals surface area contributed by atoms with Crippen LogP contribution in [0.25, 0.3) is 0 Å². The Balaban J connectivity index is 1.40. The van der Waals surface area contributed by atoms with Gasteiger partial charge in [0.05, 0.1) is 18.1 Å². The topological polar surface area (TPSA) is 72.1 Å². The van der Waals surface area contributed by atoms with Crippen molar-refractivity contribution in [2.45, 2.75) is 12.3 Å². The predicted octanol–water partition coefficient (Wildman–Crippen LogP) is 3.50. The van der Waals surface area contributed by atoms with Gasteiger partial charge in [-0.3, -0.25) is 9.48 Å². The molecule has 2 N–H and O–H groups in total. The van der Waals surface area contributed by atoms with Crippen molar-refractivity contribution in [1.82, 2.24) is 9.78 Å². The van der Waals surface area contributed by atoms with Crippen LogP contribution in [0.4, 0.5) is 17.1 Å². The summed E-state index contributed by atoms with van der Waals surface area (Å²) in [6.45, 7) is 0. The molecule has 1 saturated carbocycles. The highest BCUT2D eigenvalue weighted by Gasteiger charge is 2.45. The highest BCUT2D eigenvalue weighted by molar-refractivity contribution is 5.95. The van der Waals surface area contributed by atoms with Crippen molar-refractivity contribution >= 4 is 23.0 Å². The highest BCUT2D eigenvalue weighted by atomic mass is 16.3. The maximum Gasteiger partial charge on any atom is 0.228 e. The number of hydrogen-bond acceptors (Lipinski definition) is 4. The van der Waals surface area contributed by atoms with Crippen LogP contribution in [0.1, 0.15) is 18.1 Å². The fourth-order valence-corrected chi connectivity index (χ4v) is 2.86. The molecule has 1 aliphatic carbocycles. The average molecular weight is 322 g/mol. The minimum atomic E-state index is -0.00825. The number of hydrogen-bond donors (Lipinski definition) is 2. The van der Waals surface area contributed by atoms with E-state index in [2.05, 4.69) is 15.7 Å². The third-order valence-corrected chi connectivity index (χ3v) is 4.16. The minimum Gasteiger partial charge on any atom is -0.469 e. The molecule has 2 aromatic heterocycles. The zero-order valence-corrected chi connectivity index (χ0v) is 13.3. The maximum absolute atomic E-state index is 12.4. The number of nitrogens with one attached hydrogen (secondary N) is 2. The summed E-state index contributed by atoms with van der Waals surface area (Å²) in [4.78, 5) is 12.4. The Morgan fingerprint density at radius 2 is 2.12 bits per heavy atom. The van der Waals surface area contributed by atoms with Gasteiger partial charge in [-0.1, -0.05) is 6.07 Å². The van der Waals surface area contributed by atoms with E-state index in [9.17, 15) is 4.79 Å². The lowest BCUT2D eigenvalue weighted by Crippen LogP contribution is -2.14. The molecule has 0 radical (unpaired) electrons. The summed E-state index contributed by atoms with van der Waals surface area (Å²) >= 11 is 0. The van der Waals surface area contributed by atoms with Crippen molar-refractivity contribution in [2.75, 3.05) is 10.6 Å². The first-order valence-electron chi connectivity index (χ1n) is 7.89. The molecule has 0 bridgehead atoms. The van der Waals surface area contributed by atoms with Crippen LogP contribution >= 0.6 is 0 Å². The van der Waals surface area contributed by atoms with Gasteiger partial charge in [-0.25, -0.2) is 0 Å². The summed E-state index contributed by atoms with van der Waals surface area (Å²) in [6, 6.07) is 11.4. The number of nitrogens with zero attached hydrogens (tertiary/aromatic N) is 2. The van der Waals surface area contributed by atoms with Crippen LogP contribution in [-0.4, -0.2) is 15.7 Å². The smallest absolute Gasteiger partial charge is 0.228 e. The molecule has 122 valence electrons. The van der Waals surface area contributed by atoms with Crippen LogP contribution in [0.15, 0.2) is 59.5 Å². The molecule has 6 nitrogen and oxygen atoms in total. The molecule has 1 fully saturated rings. The standard InChI is InChI=1S/C18H18N4O2/c1-22-11-14(10-19-22)20-12-4-2-5-13(8-12)21-18(23)16-9-15(16)17-6-3-7-24-17/h2-8,10-11,15-16,20H,9H2,1H3,(H,21,23)/t15-,16+/m0/s1. The molecule has 2 atom stereocenters. The first-order chi connectivity index (χ1) is 11.7. The molecule has 24 heavy (non-hydrogen) atoms. The average Bonchev–Trinajstić information content (AvgIpc) is 2.97. The lowest BCUT2D eigenvalue weighted by atomic mass is 10.2. The Bertz CT molecular complexity index is 854. The number of aromatic nitrogens is 2. The minimum absolute atomic E-state index is 0.00825. The molecular formula is C18H18N4O2. The Morgan fingerprint density at radius 1 is 1.25 bits per heavy atom. The van der Waals surface area contributed by atoms with Gasteiger partial charge in [0.1, 0.15) is 5.76 Å². The third kappa shape index (κ3) is 3.03. The number of benzene rings is 1. The van der Waals surface area contributed by atoms with Crippen LogP contribution in [0, 0.1) is 5.92 Å². The van der Waals surface area contributed by atoms with Crippen molar-refractivity contribution < 1.29 is 9.21 Å². The molecule has 0 spiro atoms. The van der Waals surface area contributed by atoms with E-state index in [1.807, 2.05) is 49.6 Å². The highest BCUT2D eigenvalue weighted by Crippen LogP contribution is 2.48. The number of furan rings is 1. The summed E-state index contributed by atoms with van der Waals surface area (Å²) in [5, 5.41) is 10.4. The lowest BCUT2D eigenvalue weighted by Gasteiger charge is -2.08. The summed E-state index contributed by atoms with van der Waals surface area (Å²) in [5.41, 5.74) is 2.58. The van der Waals surface area contributed by atoms with Crippen molar-refractivity contribution in [1.29, 1.82) is 0 Å². The first-order valence-corrected chi connectivity index (χ1v) is 7.89. The monoisotopic (exact) mass is 322 g/mol. The zero-order valence-electron chi connectivity index (χ0n) is 13.3. The van der Waals surface area contributed by atoms with E-state index < -0.39 is 0 Å². The molecule has 6 heteroatoms. The zero-order chi connectivity index (χ0) is 16.5. The quantitative estimate of drug-likeness (QED) is 0.754. The maximum atomic E-state index is 12.4. The molecule has 0 unspecified atom stereocenters. The fraction of sp³-hybridized carbons (Fsp3) is 0.222. The summed E-state index contributed by atoms with van der Waals surface area (Å²) in [6.07, 6.45) is 6.13. The third-order valence-electron chi connectivity index (χ3n) is 4.16. The lowest BCUT2D eigenvalue weighted by molar-refractivity contribution is -0.117. The van der Waals surface area contributed by atoms with Gasteiger partial charge >= 0.3 is 0 Å². The predicted molar refractivity (Wildman–Crippen MR) is 91.1 cm³/mol. The second-order valence-electron chi connectivity index (χ2n) is 6.06. The van der Waals surface area contributed by atoms with E-state index in [1.165, 1.54) is 0 Å². The van der Waals surface area contributed by atoms with Gasteiger partial charge in [-0.05, 0) is 36.8 Å². The van der Waals surface area contributed by atoms with Gasteiger partial charge in [0.25, 0.3) is 0 Å². The summed E-state index contributed by atoms with van der Waals surface area (Å²) in [5.74, 6) is 1.12. The van der Waals surface area contributed by atoms with Gasteiger partial charge in [-0.2, -0.15) is 5.10 Å². The van der Waals surface area contributed by atoms with Crippen LogP contribution in [-0.2, 0) is 11.8 Å². The molecule has 1 amide bonds.